The van der Waals surface area contributed by atoms with E-state index in [4.69, 9.17) is 0 Å². The number of nitrogens with zero attached hydrogens (tertiary/aromatic N) is 1. The highest BCUT2D eigenvalue weighted by molar-refractivity contribution is 7.90. The van der Waals surface area contributed by atoms with Gasteiger partial charge in [0.05, 0.1) is 13.2 Å². The molecule has 1 aromatic heterocycles. The van der Waals surface area contributed by atoms with Crippen LogP contribution in [0.25, 0.3) is 0 Å². The van der Waals surface area contributed by atoms with Gasteiger partial charge in [0.25, 0.3) is 0 Å². The lowest BCUT2D eigenvalue weighted by molar-refractivity contribution is -0.139. The maximum Gasteiger partial charge on any atom is 0.325 e. The minimum atomic E-state index is -3.78. The molecule has 2 N–H and O–H groups in total. The molecule has 0 aliphatic rings. The fourth-order valence-corrected chi connectivity index (χ4v) is 2.37. The molecule has 0 bridgehead atoms. The Balaban J connectivity index is 2.77. The van der Waals surface area contributed by atoms with Crippen molar-refractivity contribution in [1.29, 1.82) is 0 Å². The van der Waals surface area contributed by atoms with Gasteiger partial charge in [-0.1, -0.05) is 0 Å². The second-order valence-electron chi connectivity index (χ2n) is 3.52. The molecule has 0 saturated carbocycles. The summed E-state index contributed by atoms with van der Waals surface area (Å²) >= 11 is 0. The second kappa shape index (κ2) is 5.28. The van der Waals surface area contributed by atoms with Crippen molar-refractivity contribution < 1.29 is 17.9 Å². The predicted molar refractivity (Wildman–Crippen MR) is 60.5 cm³/mol. The maximum atomic E-state index is 11.8. The highest BCUT2D eigenvalue weighted by atomic mass is 32.2. The van der Waals surface area contributed by atoms with Crippen molar-refractivity contribution in [2.75, 3.05) is 7.11 Å². The summed E-state index contributed by atoms with van der Waals surface area (Å²) < 4.78 is 30.3. The molecule has 0 aliphatic carbocycles. The summed E-state index contributed by atoms with van der Waals surface area (Å²) in [5.41, 5.74) is 0. The first-order valence-corrected chi connectivity index (χ1v) is 6.51. The SMILES string of the molecule is COC(=O)C(C)S(=O)(=O)NC(C)c1ncc[nH]1. The Morgan fingerprint density at radius 3 is 2.65 bits per heavy atom. The van der Waals surface area contributed by atoms with Gasteiger partial charge in [-0.25, -0.2) is 18.1 Å². The van der Waals surface area contributed by atoms with E-state index in [1.165, 1.54) is 13.1 Å². The van der Waals surface area contributed by atoms with Crippen LogP contribution in [0.1, 0.15) is 25.7 Å². The Hall–Kier alpha value is -1.41. The Labute approximate surface area is 99.6 Å². The Morgan fingerprint density at radius 2 is 2.18 bits per heavy atom. The summed E-state index contributed by atoms with van der Waals surface area (Å²) in [5.74, 6) is -0.324. The van der Waals surface area contributed by atoms with Crippen LogP contribution in [-0.4, -0.2) is 36.7 Å². The van der Waals surface area contributed by atoms with Gasteiger partial charge in [-0.05, 0) is 13.8 Å². The molecule has 17 heavy (non-hydrogen) atoms. The third-order valence-corrected chi connectivity index (χ3v) is 4.07. The first kappa shape index (κ1) is 13.7. The standard InChI is InChI=1S/C9H15N3O4S/c1-6(8-10-4-5-11-8)12-17(14,15)7(2)9(13)16-3/h4-7,12H,1-3H3,(H,10,11). The third-order valence-electron chi connectivity index (χ3n) is 2.27. The number of hydrogen-bond acceptors (Lipinski definition) is 5. The van der Waals surface area contributed by atoms with E-state index < -0.39 is 27.3 Å². The van der Waals surface area contributed by atoms with Gasteiger partial charge in [0.1, 0.15) is 5.82 Å². The number of sulfonamides is 1. The predicted octanol–water partition coefficient (Wildman–Crippen LogP) is -0.0484. The number of rotatable bonds is 5. The maximum absolute atomic E-state index is 11.8. The summed E-state index contributed by atoms with van der Waals surface area (Å²) in [5, 5.41) is -1.26. The Bertz CT molecular complexity index is 468. The van der Waals surface area contributed by atoms with E-state index in [1.807, 2.05) is 0 Å². The number of nitrogens with one attached hydrogen (secondary N) is 2. The van der Waals surface area contributed by atoms with E-state index in [9.17, 15) is 13.2 Å². The molecule has 7 nitrogen and oxygen atoms in total. The van der Waals surface area contributed by atoms with Crippen molar-refractivity contribution in [2.24, 2.45) is 0 Å². The topological polar surface area (TPSA) is 101 Å². The number of methoxy groups -OCH3 is 1. The quantitative estimate of drug-likeness (QED) is 0.724. The molecular weight excluding hydrogens is 246 g/mol. The van der Waals surface area contributed by atoms with Gasteiger partial charge in [-0.15, -0.1) is 0 Å². The van der Waals surface area contributed by atoms with Crippen LogP contribution in [0.15, 0.2) is 12.4 Å². The number of H-pyrrole nitrogens is 1. The van der Waals surface area contributed by atoms with E-state index in [-0.39, 0.29) is 0 Å². The smallest absolute Gasteiger partial charge is 0.325 e. The first-order valence-electron chi connectivity index (χ1n) is 4.96. The average molecular weight is 261 g/mol. The number of ether oxygens (including phenoxy) is 1. The summed E-state index contributed by atoms with van der Waals surface area (Å²) in [7, 11) is -2.64. The van der Waals surface area contributed by atoms with Crippen LogP contribution in [0.2, 0.25) is 0 Å². The highest BCUT2D eigenvalue weighted by Gasteiger charge is 2.30. The van der Waals surface area contributed by atoms with Gasteiger partial charge in [-0.2, -0.15) is 0 Å². The van der Waals surface area contributed by atoms with Crippen LogP contribution < -0.4 is 4.72 Å². The molecule has 0 aromatic carbocycles. The molecule has 1 aromatic rings. The highest BCUT2D eigenvalue weighted by Crippen LogP contribution is 2.10. The number of aromatic amines is 1. The summed E-state index contributed by atoms with van der Waals surface area (Å²) in [6.07, 6.45) is 3.10. The molecule has 8 heteroatoms. The second-order valence-corrected chi connectivity index (χ2v) is 5.56. The van der Waals surface area contributed by atoms with Crippen LogP contribution in [0.5, 0.6) is 0 Å². The third kappa shape index (κ3) is 3.27. The molecular formula is C9H15N3O4S. The zero-order valence-electron chi connectivity index (χ0n) is 9.80. The van der Waals surface area contributed by atoms with E-state index in [0.717, 1.165) is 7.11 Å². The molecule has 1 rings (SSSR count). The number of imidazole rings is 1. The van der Waals surface area contributed by atoms with Crippen LogP contribution in [0.4, 0.5) is 0 Å². The zero-order chi connectivity index (χ0) is 13.1. The van der Waals surface area contributed by atoms with Crippen molar-refractivity contribution >= 4 is 16.0 Å². The van der Waals surface area contributed by atoms with E-state index in [2.05, 4.69) is 19.4 Å². The molecule has 0 spiro atoms. The number of hydrogen-bond donors (Lipinski definition) is 2. The molecule has 0 radical (unpaired) electrons. The normalized spacial score (nSPS) is 15.2. The fraction of sp³-hybridized carbons (Fsp3) is 0.556. The number of carbonyl (C=O) groups excluding carboxylic acids is 1. The fourth-order valence-electron chi connectivity index (χ4n) is 1.21. The van der Waals surface area contributed by atoms with Crippen LogP contribution in [-0.2, 0) is 19.6 Å². The van der Waals surface area contributed by atoms with Gasteiger partial charge in [0.2, 0.25) is 10.0 Å². The van der Waals surface area contributed by atoms with Gasteiger partial charge in [0, 0.05) is 12.4 Å². The lowest BCUT2D eigenvalue weighted by atomic mass is 10.3. The summed E-state index contributed by atoms with van der Waals surface area (Å²) in [6, 6.07) is -0.540. The molecule has 0 fully saturated rings. The van der Waals surface area contributed by atoms with E-state index >= 15 is 0 Å². The Kier molecular flexibility index (Phi) is 4.24. The minimum absolute atomic E-state index is 0.477. The largest absolute Gasteiger partial charge is 0.468 e. The number of aromatic nitrogens is 2. The van der Waals surface area contributed by atoms with E-state index in [0.29, 0.717) is 5.82 Å². The summed E-state index contributed by atoms with van der Waals surface area (Å²) in [6.45, 7) is 2.89. The van der Waals surface area contributed by atoms with Crippen LogP contribution >= 0.6 is 0 Å². The molecule has 0 aliphatic heterocycles. The monoisotopic (exact) mass is 261 g/mol. The van der Waals surface area contributed by atoms with Crippen molar-refractivity contribution in [3.8, 4) is 0 Å². The lowest BCUT2D eigenvalue weighted by Gasteiger charge is -2.15. The molecule has 2 atom stereocenters. The lowest BCUT2D eigenvalue weighted by Crippen LogP contribution is -2.39. The van der Waals surface area contributed by atoms with Gasteiger partial charge in [0.15, 0.2) is 5.25 Å². The van der Waals surface area contributed by atoms with Crippen molar-refractivity contribution in [3.05, 3.63) is 18.2 Å². The van der Waals surface area contributed by atoms with Gasteiger partial charge >= 0.3 is 5.97 Å². The number of carbonyl (C=O) groups is 1. The first-order chi connectivity index (χ1) is 7.88. The van der Waals surface area contributed by atoms with Gasteiger partial charge in [-0.3, -0.25) is 4.79 Å². The van der Waals surface area contributed by atoms with Crippen molar-refractivity contribution in [2.45, 2.75) is 25.1 Å². The molecule has 2 unspecified atom stereocenters. The molecule has 0 amide bonds. The molecule has 96 valence electrons. The number of esters is 1. The van der Waals surface area contributed by atoms with Crippen LogP contribution in [0.3, 0.4) is 0 Å². The van der Waals surface area contributed by atoms with Gasteiger partial charge < -0.3 is 9.72 Å². The summed E-state index contributed by atoms with van der Waals surface area (Å²) in [4.78, 5) is 17.9. The Morgan fingerprint density at radius 1 is 1.53 bits per heavy atom. The van der Waals surface area contributed by atoms with Crippen molar-refractivity contribution in [1.82, 2.24) is 14.7 Å². The average Bonchev–Trinajstić information content (AvgIpc) is 2.79. The molecule has 0 saturated heterocycles. The van der Waals surface area contributed by atoms with Crippen LogP contribution in [0, 0.1) is 0 Å². The molecule has 1 heterocycles. The van der Waals surface area contributed by atoms with E-state index in [1.54, 1.807) is 13.1 Å². The zero-order valence-corrected chi connectivity index (χ0v) is 10.6. The van der Waals surface area contributed by atoms with Crippen molar-refractivity contribution in [3.63, 3.8) is 0 Å². The minimum Gasteiger partial charge on any atom is -0.468 e.